The number of nitrogens with one attached hydrogen (secondary N) is 2. The Hall–Kier alpha value is -3.22. The van der Waals surface area contributed by atoms with Crippen LogP contribution in [-0.4, -0.2) is 55.5 Å². The van der Waals surface area contributed by atoms with Crippen molar-refractivity contribution in [2.24, 2.45) is 10.7 Å². The number of amides is 1. The van der Waals surface area contributed by atoms with Gasteiger partial charge in [0.1, 0.15) is 11.8 Å². The molecule has 1 aromatic rings. The van der Waals surface area contributed by atoms with Crippen LogP contribution in [0.1, 0.15) is 23.2 Å². The largest absolute Gasteiger partial charge is 0.483 e. The quantitative estimate of drug-likeness (QED) is 0.0768. The van der Waals surface area contributed by atoms with Gasteiger partial charge in [-0.15, -0.1) is 0 Å². The lowest BCUT2D eigenvalue weighted by Crippen LogP contribution is -2.43. The number of ether oxygens (including phenoxy) is 2. The standard InChI is InChI=1S/C16H20BrN5O7/c1-28-15(25)12(3-2-6-19-16(18)21-22(26)27)20-14(24)9-29-13-5-4-11(17)7-10(13)8-23/h4-5,7-8,12H,2-3,6,9H2,1H3,(H,20,24)(H3,18,19,21)/t12-/m0/s1. The zero-order valence-corrected chi connectivity index (χ0v) is 17.0. The maximum Gasteiger partial charge on any atom is 0.328 e. The van der Waals surface area contributed by atoms with Crippen molar-refractivity contribution >= 4 is 40.1 Å². The minimum Gasteiger partial charge on any atom is -0.483 e. The molecule has 0 aliphatic carbocycles. The molecule has 158 valence electrons. The zero-order chi connectivity index (χ0) is 21.8. The van der Waals surface area contributed by atoms with Gasteiger partial charge >= 0.3 is 5.97 Å². The maximum atomic E-state index is 12.1. The second-order valence-corrected chi connectivity index (χ2v) is 6.43. The Morgan fingerprint density at radius 1 is 1.45 bits per heavy atom. The van der Waals surface area contributed by atoms with Crippen LogP contribution in [0.4, 0.5) is 0 Å². The number of nitrogens with two attached hydrogens (primary N) is 1. The van der Waals surface area contributed by atoms with E-state index in [1.165, 1.54) is 19.2 Å². The summed E-state index contributed by atoms with van der Waals surface area (Å²) in [6, 6.07) is 3.75. The summed E-state index contributed by atoms with van der Waals surface area (Å²) < 4.78 is 10.7. The Labute approximate surface area is 174 Å². The van der Waals surface area contributed by atoms with Gasteiger partial charge in [-0.3, -0.25) is 9.59 Å². The van der Waals surface area contributed by atoms with Crippen molar-refractivity contribution in [1.29, 1.82) is 0 Å². The van der Waals surface area contributed by atoms with Crippen LogP contribution in [0.15, 0.2) is 27.7 Å². The van der Waals surface area contributed by atoms with Crippen molar-refractivity contribution in [3.05, 3.63) is 38.3 Å². The van der Waals surface area contributed by atoms with Gasteiger partial charge in [-0.1, -0.05) is 21.4 Å². The first-order valence-corrected chi connectivity index (χ1v) is 9.01. The number of rotatable bonds is 11. The first kappa shape index (κ1) is 23.8. The highest BCUT2D eigenvalue weighted by atomic mass is 79.9. The van der Waals surface area contributed by atoms with Gasteiger partial charge in [0.05, 0.1) is 12.7 Å². The Bertz CT molecular complexity index is 787. The number of nitrogens with zero attached hydrogens (tertiary/aromatic N) is 2. The second-order valence-electron chi connectivity index (χ2n) is 5.51. The van der Waals surface area contributed by atoms with Crippen LogP contribution in [0.5, 0.6) is 5.75 Å². The normalized spacial score (nSPS) is 11.9. The van der Waals surface area contributed by atoms with Crippen LogP contribution in [0.2, 0.25) is 0 Å². The molecule has 12 nitrogen and oxygen atoms in total. The van der Waals surface area contributed by atoms with Gasteiger partial charge in [-0.2, -0.15) is 0 Å². The Morgan fingerprint density at radius 3 is 2.79 bits per heavy atom. The molecule has 0 unspecified atom stereocenters. The van der Waals surface area contributed by atoms with E-state index in [9.17, 15) is 24.5 Å². The summed E-state index contributed by atoms with van der Waals surface area (Å²) in [6.07, 6.45) is 1.05. The molecule has 4 N–H and O–H groups in total. The Morgan fingerprint density at radius 2 is 2.17 bits per heavy atom. The number of hydrogen-bond donors (Lipinski definition) is 3. The number of guanidine groups is 1. The minimum absolute atomic E-state index is 0.0914. The third-order valence-corrected chi connectivity index (χ3v) is 3.91. The SMILES string of the molecule is COC(=O)[C@H](CCCN=C(N)N[N+](=O)[O-])NC(=O)COc1ccc(Br)cc1C=O. The number of benzene rings is 1. The Kier molecular flexibility index (Phi) is 10.1. The molecule has 0 fully saturated rings. The van der Waals surface area contributed by atoms with E-state index in [1.54, 1.807) is 11.5 Å². The van der Waals surface area contributed by atoms with Gasteiger partial charge in [-0.05, 0) is 31.0 Å². The van der Waals surface area contributed by atoms with Crippen molar-refractivity contribution in [3.8, 4) is 5.75 Å². The summed E-state index contributed by atoms with van der Waals surface area (Å²) in [5.41, 5.74) is 7.22. The molecule has 0 aliphatic heterocycles. The van der Waals surface area contributed by atoms with Crippen LogP contribution in [-0.2, 0) is 14.3 Å². The zero-order valence-electron chi connectivity index (χ0n) is 15.4. The van der Waals surface area contributed by atoms with Gasteiger partial charge in [0.15, 0.2) is 17.9 Å². The summed E-state index contributed by atoms with van der Waals surface area (Å²) in [6.45, 7) is -0.331. The first-order chi connectivity index (χ1) is 13.8. The fourth-order valence-electron chi connectivity index (χ4n) is 2.14. The summed E-state index contributed by atoms with van der Waals surface area (Å²) in [7, 11) is 1.17. The van der Waals surface area contributed by atoms with Crippen molar-refractivity contribution in [2.45, 2.75) is 18.9 Å². The van der Waals surface area contributed by atoms with E-state index < -0.39 is 29.6 Å². The number of carbonyl (C=O) groups excluding carboxylic acids is 3. The van der Waals surface area contributed by atoms with Crippen LogP contribution in [0, 0.1) is 10.1 Å². The van der Waals surface area contributed by atoms with Crippen molar-refractivity contribution in [3.63, 3.8) is 0 Å². The predicted molar refractivity (Wildman–Crippen MR) is 105 cm³/mol. The van der Waals surface area contributed by atoms with E-state index in [-0.39, 0.29) is 30.2 Å². The molecule has 0 spiro atoms. The lowest BCUT2D eigenvalue weighted by molar-refractivity contribution is -0.525. The minimum atomic E-state index is -0.966. The molecule has 1 aromatic carbocycles. The van der Waals surface area contributed by atoms with Gasteiger partial charge in [0, 0.05) is 11.0 Å². The van der Waals surface area contributed by atoms with E-state index in [0.717, 1.165) is 0 Å². The summed E-state index contributed by atoms with van der Waals surface area (Å²) in [5, 5.41) is 11.8. The van der Waals surface area contributed by atoms with Crippen molar-refractivity contribution in [2.75, 3.05) is 20.3 Å². The van der Waals surface area contributed by atoms with Crippen LogP contribution >= 0.6 is 15.9 Å². The molecule has 0 saturated heterocycles. The Balaban J connectivity index is 2.57. The van der Waals surface area contributed by atoms with Crippen LogP contribution in [0.3, 0.4) is 0 Å². The molecule has 0 heterocycles. The number of carbonyl (C=O) groups is 3. The predicted octanol–water partition coefficient (Wildman–Crippen LogP) is 0.174. The molecule has 0 bridgehead atoms. The van der Waals surface area contributed by atoms with Crippen LogP contribution in [0.25, 0.3) is 0 Å². The van der Waals surface area contributed by atoms with Crippen molar-refractivity contribution < 1.29 is 28.9 Å². The fraction of sp³-hybridized carbons (Fsp3) is 0.375. The molecule has 0 radical (unpaired) electrons. The third-order valence-electron chi connectivity index (χ3n) is 3.42. The molecule has 1 atom stereocenters. The topological polar surface area (TPSA) is 175 Å². The highest BCUT2D eigenvalue weighted by Gasteiger charge is 2.21. The lowest BCUT2D eigenvalue weighted by Gasteiger charge is -2.16. The number of hydrogen-bond acceptors (Lipinski definition) is 8. The fourth-order valence-corrected chi connectivity index (χ4v) is 2.52. The van der Waals surface area contributed by atoms with Gasteiger partial charge in [0.25, 0.3) is 11.9 Å². The molecule has 29 heavy (non-hydrogen) atoms. The molecule has 0 saturated carbocycles. The number of nitro groups is 1. The first-order valence-electron chi connectivity index (χ1n) is 8.22. The average Bonchev–Trinajstić information content (AvgIpc) is 2.67. The third kappa shape index (κ3) is 9.01. The van der Waals surface area contributed by atoms with Crippen molar-refractivity contribution in [1.82, 2.24) is 10.7 Å². The molecular formula is C16H20BrN5O7. The molecule has 1 amide bonds. The summed E-state index contributed by atoms with van der Waals surface area (Å²) in [4.78, 5) is 48.9. The van der Waals surface area contributed by atoms with Gasteiger partial charge in [0.2, 0.25) is 0 Å². The van der Waals surface area contributed by atoms with Gasteiger partial charge < -0.3 is 20.5 Å². The lowest BCUT2D eigenvalue weighted by atomic mass is 10.1. The number of hydrazine groups is 1. The summed E-state index contributed by atoms with van der Waals surface area (Å²) in [5.74, 6) is -1.42. The monoisotopic (exact) mass is 473 g/mol. The van der Waals surface area contributed by atoms with E-state index in [1.807, 2.05) is 0 Å². The maximum absolute atomic E-state index is 12.1. The van der Waals surface area contributed by atoms with E-state index in [0.29, 0.717) is 17.2 Å². The molecule has 13 heteroatoms. The second kappa shape index (κ2) is 12.3. The molecule has 0 aromatic heterocycles. The van der Waals surface area contributed by atoms with Gasteiger partial charge in [-0.25, -0.2) is 19.9 Å². The number of aliphatic imine (C=N–C) groups is 1. The number of halogens is 1. The van der Waals surface area contributed by atoms with E-state index in [2.05, 4.69) is 31.0 Å². The summed E-state index contributed by atoms with van der Waals surface area (Å²) >= 11 is 3.22. The van der Waals surface area contributed by atoms with Crippen LogP contribution < -0.4 is 21.2 Å². The molecule has 1 rings (SSSR count). The smallest absolute Gasteiger partial charge is 0.328 e. The molecule has 0 aliphatic rings. The van der Waals surface area contributed by atoms with E-state index >= 15 is 0 Å². The van der Waals surface area contributed by atoms with E-state index in [4.69, 9.17) is 10.5 Å². The number of methoxy groups -OCH3 is 1. The highest BCUT2D eigenvalue weighted by molar-refractivity contribution is 9.10. The average molecular weight is 474 g/mol. The number of aldehydes is 1. The highest BCUT2D eigenvalue weighted by Crippen LogP contribution is 2.21. The number of esters is 1. The molecular weight excluding hydrogens is 454 g/mol.